The van der Waals surface area contributed by atoms with Crippen molar-refractivity contribution in [2.45, 2.75) is 254 Å². The number of likely N-dealkylation sites (tertiary alicyclic amines) is 1. The van der Waals surface area contributed by atoms with E-state index in [0.29, 0.717) is 38.1 Å². The highest BCUT2D eigenvalue weighted by Gasteiger charge is 2.70. The van der Waals surface area contributed by atoms with Gasteiger partial charge in [-0.3, -0.25) is 52.9 Å². The van der Waals surface area contributed by atoms with Gasteiger partial charge in [0.05, 0.1) is 30.2 Å². The minimum atomic E-state index is -0.994. The number of nitrogens with zero attached hydrogens (tertiary/aromatic N) is 3. The molecular formula is C66H104N10O11. The van der Waals surface area contributed by atoms with E-state index in [1.165, 1.54) is 25.5 Å². The molecule has 7 fully saturated rings. The van der Waals surface area contributed by atoms with Crippen LogP contribution in [0.1, 0.15) is 217 Å². The Labute approximate surface area is 516 Å². The molecule has 0 aromatic carbocycles. The minimum Gasteiger partial charge on any atom is -0.347 e. The number of urea groups is 1. The van der Waals surface area contributed by atoms with Crippen LogP contribution in [-0.4, -0.2) is 134 Å². The highest BCUT2D eigenvalue weighted by Crippen LogP contribution is 2.71. The van der Waals surface area contributed by atoms with Gasteiger partial charge >= 0.3 is 6.03 Å². The lowest BCUT2D eigenvalue weighted by atomic mass is 9.73. The maximum atomic E-state index is 14.6. The number of hydrogen-bond donors (Lipinski definition) is 7. The van der Waals surface area contributed by atoms with Crippen LogP contribution >= 0.6 is 0 Å². The van der Waals surface area contributed by atoms with E-state index in [4.69, 9.17) is 0 Å². The maximum Gasteiger partial charge on any atom is 0.315 e. The second-order valence-electron chi connectivity index (χ2n) is 29.9. The number of nitrogens with one attached hydrogen (secondary N) is 7. The summed E-state index contributed by atoms with van der Waals surface area (Å²) in [7, 11) is 0. The van der Waals surface area contributed by atoms with Crippen molar-refractivity contribution in [2.75, 3.05) is 6.54 Å². The number of ketones is 4. The Bertz CT molecular complexity index is 2700. The van der Waals surface area contributed by atoms with Crippen LogP contribution < -0.4 is 37.2 Å². The van der Waals surface area contributed by atoms with Crippen LogP contribution in [0.5, 0.6) is 0 Å². The predicted molar refractivity (Wildman–Crippen MR) is 329 cm³/mol. The summed E-state index contributed by atoms with van der Waals surface area (Å²) in [5, 5.41) is 20.1. The molecule has 1 aliphatic heterocycles. The van der Waals surface area contributed by atoms with Crippen LogP contribution in [0, 0.1) is 63.6 Å². The average molecular weight is 1210 g/mol. The summed E-state index contributed by atoms with van der Waals surface area (Å²) in [4.78, 5) is 157. The van der Waals surface area contributed by atoms with Crippen LogP contribution in [0.4, 0.5) is 4.79 Å². The molecule has 7 N–H and O–H groups in total. The molecular weight excluding hydrogens is 1110 g/mol. The first kappa shape index (κ1) is 69.9. The molecule has 21 heteroatoms. The van der Waals surface area contributed by atoms with E-state index in [9.17, 15) is 52.7 Å². The third-order valence-corrected chi connectivity index (χ3v) is 19.5. The zero-order valence-electron chi connectivity index (χ0n) is 53.5. The molecule has 1 aromatic rings. The Morgan fingerprint density at radius 1 is 0.701 bits per heavy atom. The van der Waals surface area contributed by atoms with E-state index in [1.54, 1.807) is 4.90 Å². The fourth-order valence-corrected chi connectivity index (χ4v) is 14.4. The number of hydrogen-bond acceptors (Lipinski definition) is 13. The molecule has 0 radical (unpaired) electrons. The van der Waals surface area contributed by atoms with Gasteiger partial charge in [-0.15, -0.1) is 0 Å². The first-order valence-electron chi connectivity index (χ1n) is 32.0. The monoisotopic (exact) mass is 1210 g/mol. The van der Waals surface area contributed by atoms with Gasteiger partial charge in [0, 0.05) is 43.4 Å². The second-order valence-corrected chi connectivity index (χ2v) is 29.9. The third kappa shape index (κ3) is 17.4. The average Bonchev–Trinajstić information content (AvgIpc) is 1.62. The number of fused-ring (bicyclic) bond motifs is 2. The lowest BCUT2D eigenvalue weighted by Crippen LogP contribution is -2.62. The molecule has 1 aromatic heterocycles. The summed E-state index contributed by atoms with van der Waals surface area (Å²) in [5.41, 5.74) is -1.73. The molecule has 0 bridgehead atoms. The topological polar surface area (TPSA) is 301 Å². The number of rotatable bonds is 22. The molecule has 2 unspecified atom stereocenters. The van der Waals surface area contributed by atoms with Crippen molar-refractivity contribution in [2.24, 2.45) is 63.6 Å². The van der Waals surface area contributed by atoms with Gasteiger partial charge in [0.2, 0.25) is 35.2 Å². The highest BCUT2D eigenvalue weighted by atomic mass is 16.2. The molecule has 2 heterocycles. The number of aromatic nitrogens is 2. The largest absolute Gasteiger partial charge is 0.347 e. The van der Waals surface area contributed by atoms with Gasteiger partial charge < -0.3 is 42.1 Å². The van der Waals surface area contributed by atoms with Crippen molar-refractivity contribution >= 4 is 64.6 Å². The zero-order chi connectivity index (χ0) is 63.4. The summed E-state index contributed by atoms with van der Waals surface area (Å²) in [6.07, 6.45) is 18.0. The molecule has 87 heavy (non-hydrogen) atoms. The van der Waals surface area contributed by atoms with E-state index in [1.807, 2.05) is 69.2 Å². The lowest BCUT2D eigenvalue weighted by Gasteiger charge is -2.38. The quantitative estimate of drug-likeness (QED) is 0.0583. The van der Waals surface area contributed by atoms with Gasteiger partial charge in [-0.1, -0.05) is 121 Å². The van der Waals surface area contributed by atoms with E-state index in [-0.39, 0.29) is 71.8 Å². The van der Waals surface area contributed by atoms with Crippen LogP contribution in [0.3, 0.4) is 0 Å². The van der Waals surface area contributed by atoms with E-state index in [2.05, 4.69) is 61.0 Å². The Morgan fingerprint density at radius 3 is 1.89 bits per heavy atom. The standard InChI is InChI=1S/C36H53N7O6.C29H47N3O5.CH4/c1-5-10-25(29(44)34(48)39-23-15-16-23)40-33(47)28-24-14-9-13-22(24)20-43(28)35(49)30(36(2,3)4)42-32(46)27(21-11-7-6-8-12-21)41-31(45)26-19-37-17-18-38-26;1-15(33)22(34)19(13-16-11-10-12-16)30-25(36)20-17(14-18-21(20)29(18,8)9)23(35)24(27(2,3)4)31-26(37)32-28(5,6)7;/h17-19,21-25,27-28,30H,5-16,20H2,1-4H3,(H,39,48)(H,40,47)(H,41,45)(H,42,46);16-21,24H,10-14H2,1-9H3,(H,30,36)(H2,31,32,37);1H4/t22-,24-,25-,27-,28-,30+;17?,18-,19?,20-,21-,24+;/m00./s1. The highest BCUT2D eigenvalue weighted by molar-refractivity contribution is 6.39. The minimum absolute atomic E-state index is 0. The van der Waals surface area contributed by atoms with Gasteiger partial charge in [0.15, 0.2) is 11.6 Å². The van der Waals surface area contributed by atoms with Crippen molar-refractivity contribution < 1.29 is 52.7 Å². The Hall–Kier alpha value is -6.15. The van der Waals surface area contributed by atoms with E-state index < -0.39 is 111 Å². The summed E-state index contributed by atoms with van der Waals surface area (Å²) in [6.45, 7) is 24.7. The number of carbonyl (C=O) groups is 11. The van der Waals surface area contributed by atoms with Gasteiger partial charge in [-0.25, -0.2) is 9.78 Å². The van der Waals surface area contributed by atoms with Gasteiger partial charge in [0.25, 0.3) is 11.8 Å². The molecule has 484 valence electrons. The maximum absolute atomic E-state index is 14.6. The van der Waals surface area contributed by atoms with Crippen molar-refractivity contribution in [3.05, 3.63) is 24.3 Å². The second kappa shape index (κ2) is 28.6. The van der Waals surface area contributed by atoms with Crippen LogP contribution in [-0.2, 0) is 43.2 Å². The van der Waals surface area contributed by atoms with Crippen LogP contribution in [0.2, 0.25) is 0 Å². The fourth-order valence-electron chi connectivity index (χ4n) is 14.4. The van der Waals surface area contributed by atoms with E-state index in [0.717, 1.165) is 83.5 Å². The molecule has 0 spiro atoms. The van der Waals surface area contributed by atoms with Crippen molar-refractivity contribution in [3.8, 4) is 0 Å². The SMILES string of the molecule is C.CC(=O)C(=O)C(CC1CCC1)NC(=O)[C@H]1C(C(=O)[C@@H](NC(=O)NC(C)(C)C)C(C)(C)C)C[C@H]2[C@@H]1C2(C)C.CCC[C@H](NC(=O)[C@@H]1[C@H]2CCC[C@H]2CN1C(=O)[C@@H](NC(=O)[C@@H](NC(=O)c1cnccn1)C1CCCCC1)C(C)(C)C)C(=O)C(=O)NC1CC1. The molecule has 6 aliphatic carbocycles. The molecule has 8 rings (SSSR count). The smallest absolute Gasteiger partial charge is 0.315 e. The Morgan fingerprint density at radius 2 is 1.33 bits per heavy atom. The molecule has 1 saturated heterocycles. The van der Waals surface area contributed by atoms with Crippen LogP contribution in [0.15, 0.2) is 18.6 Å². The number of amides is 8. The molecule has 12 atom stereocenters. The normalized spacial score (nSPS) is 25.7. The Kier molecular flexibility index (Phi) is 23.0. The van der Waals surface area contributed by atoms with Gasteiger partial charge in [-0.2, -0.15) is 0 Å². The summed E-state index contributed by atoms with van der Waals surface area (Å²) >= 11 is 0. The molecule has 21 nitrogen and oxygen atoms in total. The number of Topliss-reactive ketones (excluding diaryl/α,β-unsaturated/α-hetero) is 4. The summed E-state index contributed by atoms with van der Waals surface area (Å²) in [5.74, 6) is -5.35. The lowest BCUT2D eigenvalue weighted by molar-refractivity contribution is -0.146. The van der Waals surface area contributed by atoms with E-state index >= 15 is 0 Å². The fraction of sp³-hybridized carbons (Fsp3) is 0.773. The first-order chi connectivity index (χ1) is 40.2. The molecule has 6 saturated carbocycles. The van der Waals surface area contributed by atoms with Crippen LogP contribution in [0.25, 0.3) is 0 Å². The third-order valence-electron chi connectivity index (χ3n) is 19.5. The van der Waals surface area contributed by atoms with Crippen molar-refractivity contribution in [1.82, 2.24) is 52.1 Å². The first-order valence-corrected chi connectivity index (χ1v) is 32.0. The van der Waals surface area contributed by atoms with Gasteiger partial charge in [0.1, 0.15) is 23.8 Å². The predicted octanol–water partition coefficient (Wildman–Crippen LogP) is 6.89. The van der Waals surface area contributed by atoms with Crippen molar-refractivity contribution in [1.29, 1.82) is 0 Å². The zero-order valence-corrected chi connectivity index (χ0v) is 53.5. The number of carbonyl (C=O) groups excluding carboxylic acids is 11. The molecule has 7 aliphatic rings. The Balaban J connectivity index is 0.000000286. The van der Waals surface area contributed by atoms with Gasteiger partial charge in [-0.05, 0) is 130 Å². The summed E-state index contributed by atoms with van der Waals surface area (Å²) in [6, 6.07) is -5.72. The van der Waals surface area contributed by atoms with Crippen molar-refractivity contribution in [3.63, 3.8) is 0 Å². The summed E-state index contributed by atoms with van der Waals surface area (Å²) < 4.78 is 0. The molecule has 8 amide bonds.